The van der Waals surface area contributed by atoms with Gasteiger partial charge < -0.3 is 24.2 Å². The number of benzene rings is 2. The summed E-state index contributed by atoms with van der Waals surface area (Å²) in [7, 11) is 3.04. The number of halogens is 2. The molecule has 0 aliphatic carbocycles. The first-order valence-corrected chi connectivity index (χ1v) is 10.9. The van der Waals surface area contributed by atoms with E-state index in [0.717, 1.165) is 12.1 Å². The van der Waals surface area contributed by atoms with Crippen molar-refractivity contribution >= 4 is 23.4 Å². The maximum atomic E-state index is 13.5. The summed E-state index contributed by atoms with van der Waals surface area (Å²) in [5.74, 6) is -2.27. The molecular formula is C24H25F2N3O5. The average Bonchev–Trinajstić information content (AvgIpc) is 3.25. The molecule has 2 saturated heterocycles. The van der Waals surface area contributed by atoms with Gasteiger partial charge in [-0.25, -0.2) is 8.78 Å². The highest BCUT2D eigenvalue weighted by molar-refractivity contribution is 6.01. The molecule has 8 nitrogen and oxygen atoms in total. The highest BCUT2D eigenvalue weighted by Gasteiger charge is 2.39. The zero-order chi connectivity index (χ0) is 24.4. The van der Waals surface area contributed by atoms with Crippen molar-refractivity contribution in [2.45, 2.75) is 6.42 Å². The quantitative estimate of drug-likeness (QED) is 0.666. The molecule has 34 heavy (non-hydrogen) atoms. The Hall–Kier alpha value is -3.69. The number of anilines is 1. The predicted octanol–water partition coefficient (Wildman–Crippen LogP) is 2.32. The standard InChI is InChI=1S/C24H25F2N3O5/c1-33-17-4-6-20(21(13-17)34-2)29-14-16(12-22(29)30)24(32)28-9-7-27(8-10-28)23(31)15-3-5-18(25)19(26)11-15/h3-6,11,13,16H,7-10,12,14H2,1-2H3. The van der Waals surface area contributed by atoms with E-state index in [2.05, 4.69) is 0 Å². The van der Waals surface area contributed by atoms with Crippen LogP contribution in [0.3, 0.4) is 0 Å². The Labute approximate surface area is 195 Å². The van der Waals surface area contributed by atoms with Gasteiger partial charge in [0.1, 0.15) is 11.5 Å². The van der Waals surface area contributed by atoms with E-state index in [9.17, 15) is 23.2 Å². The molecule has 180 valence electrons. The van der Waals surface area contributed by atoms with Crippen molar-refractivity contribution in [1.82, 2.24) is 9.80 Å². The number of rotatable bonds is 5. The van der Waals surface area contributed by atoms with Gasteiger partial charge in [0.2, 0.25) is 11.8 Å². The van der Waals surface area contributed by atoms with E-state index in [1.54, 1.807) is 28.0 Å². The van der Waals surface area contributed by atoms with E-state index in [4.69, 9.17) is 9.47 Å². The lowest BCUT2D eigenvalue weighted by Crippen LogP contribution is -2.52. The second-order valence-electron chi connectivity index (χ2n) is 8.19. The van der Waals surface area contributed by atoms with Crippen LogP contribution in [0.15, 0.2) is 36.4 Å². The van der Waals surface area contributed by atoms with Crippen LogP contribution in [0.1, 0.15) is 16.8 Å². The molecule has 2 aliphatic heterocycles. The van der Waals surface area contributed by atoms with Crippen LogP contribution in [-0.2, 0) is 9.59 Å². The van der Waals surface area contributed by atoms with E-state index < -0.39 is 23.5 Å². The zero-order valence-electron chi connectivity index (χ0n) is 18.9. The molecule has 0 aromatic heterocycles. The van der Waals surface area contributed by atoms with Crippen molar-refractivity contribution in [2.24, 2.45) is 5.92 Å². The Morgan fingerprint density at radius 2 is 1.62 bits per heavy atom. The minimum Gasteiger partial charge on any atom is -0.497 e. The smallest absolute Gasteiger partial charge is 0.254 e. The van der Waals surface area contributed by atoms with Gasteiger partial charge in [0.25, 0.3) is 5.91 Å². The van der Waals surface area contributed by atoms with Crippen molar-refractivity contribution < 1.29 is 32.6 Å². The van der Waals surface area contributed by atoms with Gasteiger partial charge in [0.15, 0.2) is 11.6 Å². The Morgan fingerprint density at radius 3 is 2.26 bits per heavy atom. The number of carbonyl (C=O) groups is 3. The van der Waals surface area contributed by atoms with Gasteiger partial charge in [-0.2, -0.15) is 0 Å². The van der Waals surface area contributed by atoms with Gasteiger partial charge in [-0.3, -0.25) is 14.4 Å². The van der Waals surface area contributed by atoms with Crippen LogP contribution in [0.4, 0.5) is 14.5 Å². The first-order valence-electron chi connectivity index (χ1n) is 10.9. The molecule has 4 rings (SSSR count). The van der Waals surface area contributed by atoms with Gasteiger partial charge >= 0.3 is 0 Å². The molecule has 1 atom stereocenters. The van der Waals surface area contributed by atoms with Gasteiger partial charge in [-0.1, -0.05) is 0 Å². The molecule has 2 aromatic carbocycles. The number of methoxy groups -OCH3 is 2. The largest absolute Gasteiger partial charge is 0.497 e. The summed E-state index contributed by atoms with van der Waals surface area (Å²) in [5, 5.41) is 0. The minimum atomic E-state index is -1.08. The summed E-state index contributed by atoms with van der Waals surface area (Å²) >= 11 is 0. The normalized spacial score (nSPS) is 18.3. The second-order valence-corrected chi connectivity index (χ2v) is 8.19. The zero-order valence-corrected chi connectivity index (χ0v) is 18.9. The topological polar surface area (TPSA) is 79.4 Å². The number of ether oxygens (including phenoxy) is 2. The van der Waals surface area contributed by atoms with Crippen molar-refractivity contribution in [3.63, 3.8) is 0 Å². The second kappa shape index (κ2) is 9.66. The van der Waals surface area contributed by atoms with Gasteiger partial charge in [0, 0.05) is 50.8 Å². The van der Waals surface area contributed by atoms with Crippen molar-refractivity contribution in [3.05, 3.63) is 53.6 Å². The van der Waals surface area contributed by atoms with Gasteiger partial charge in [-0.05, 0) is 30.3 Å². The molecule has 0 bridgehead atoms. The Morgan fingerprint density at radius 1 is 0.912 bits per heavy atom. The fourth-order valence-electron chi connectivity index (χ4n) is 4.31. The van der Waals surface area contributed by atoms with E-state index in [-0.39, 0.29) is 43.4 Å². The van der Waals surface area contributed by atoms with Gasteiger partial charge in [0.05, 0.1) is 25.8 Å². The molecule has 0 N–H and O–H groups in total. The van der Waals surface area contributed by atoms with Crippen LogP contribution in [0.25, 0.3) is 0 Å². The highest BCUT2D eigenvalue weighted by atomic mass is 19.2. The Bertz CT molecular complexity index is 1120. The Kier molecular flexibility index (Phi) is 6.67. The molecule has 2 fully saturated rings. The van der Waals surface area contributed by atoms with Crippen LogP contribution in [0.2, 0.25) is 0 Å². The fraction of sp³-hybridized carbons (Fsp3) is 0.375. The molecule has 0 spiro atoms. The summed E-state index contributed by atoms with van der Waals surface area (Å²) in [6.45, 7) is 1.35. The van der Waals surface area contributed by atoms with Crippen molar-refractivity contribution in [3.8, 4) is 11.5 Å². The van der Waals surface area contributed by atoms with Crippen LogP contribution in [-0.4, -0.2) is 74.5 Å². The third-order valence-electron chi connectivity index (χ3n) is 6.20. The van der Waals surface area contributed by atoms with Gasteiger partial charge in [-0.15, -0.1) is 0 Å². The Balaban J connectivity index is 1.38. The van der Waals surface area contributed by atoms with E-state index in [0.29, 0.717) is 30.3 Å². The average molecular weight is 473 g/mol. The highest BCUT2D eigenvalue weighted by Crippen LogP contribution is 2.36. The number of hydrogen-bond acceptors (Lipinski definition) is 5. The fourth-order valence-corrected chi connectivity index (χ4v) is 4.31. The summed E-state index contributed by atoms with van der Waals surface area (Å²) < 4.78 is 37.2. The molecule has 1 unspecified atom stereocenters. The lowest BCUT2D eigenvalue weighted by molar-refractivity contribution is -0.137. The number of piperazine rings is 1. The summed E-state index contributed by atoms with van der Waals surface area (Å²) in [4.78, 5) is 43.1. The molecule has 0 saturated carbocycles. The lowest BCUT2D eigenvalue weighted by atomic mass is 10.1. The first kappa shape index (κ1) is 23.5. The van der Waals surface area contributed by atoms with Crippen LogP contribution in [0, 0.1) is 17.6 Å². The lowest BCUT2D eigenvalue weighted by Gasteiger charge is -2.36. The third-order valence-corrected chi connectivity index (χ3v) is 6.20. The molecule has 2 aliphatic rings. The number of carbonyl (C=O) groups excluding carboxylic acids is 3. The molecule has 2 aromatic rings. The molecule has 0 radical (unpaired) electrons. The van der Waals surface area contributed by atoms with Crippen LogP contribution in [0.5, 0.6) is 11.5 Å². The van der Waals surface area contributed by atoms with Crippen LogP contribution >= 0.6 is 0 Å². The number of amides is 3. The monoisotopic (exact) mass is 473 g/mol. The molecule has 3 amide bonds. The summed E-state index contributed by atoms with van der Waals surface area (Å²) in [6.07, 6.45) is 0.0853. The number of hydrogen-bond donors (Lipinski definition) is 0. The van der Waals surface area contributed by atoms with Crippen LogP contribution < -0.4 is 14.4 Å². The third kappa shape index (κ3) is 4.52. The van der Waals surface area contributed by atoms with Crippen molar-refractivity contribution in [1.29, 1.82) is 0 Å². The summed E-state index contributed by atoms with van der Waals surface area (Å²) in [5.41, 5.74) is 0.634. The molecule has 10 heteroatoms. The molecule has 2 heterocycles. The maximum Gasteiger partial charge on any atom is 0.254 e. The predicted molar refractivity (Wildman–Crippen MR) is 119 cm³/mol. The van der Waals surface area contributed by atoms with E-state index in [1.165, 1.54) is 25.2 Å². The minimum absolute atomic E-state index is 0.0594. The van der Waals surface area contributed by atoms with E-state index in [1.807, 2.05) is 0 Å². The van der Waals surface area contributed by atoms with E-state index >= 15 is 0 Å². The summed E-state index contributed by atoms with van der Waals surface area (Å²) in [6, 6.07) is 8.17. The van der Waals surface area contributed by atoms with Crippen molar-refractivity contribution in [2.75, 3.05) is 51.8 Å². The maximum absolute atomic E-state index is 13.5. The SMILES string of the molecule is COc1ccc(N2CC(C(=O)N3CCN(C(=O)c4ccc(F)c(F)c4)CC3)CC2=O)c(OC)c1. The number of nitrogens with zero attached hydrogens (tertiary/aromatic N) is 3. The first-order chi connectivity index (χ1) is 16.3. The molecular weight excluding hydrogens is 448 g/mol.